The minimum Gasteiger partial charge on any atom is -0.241 e. The van der Waals surface area contributed by atoms with Crippen molar-refractivity contribution in [2.24, 2.45) is 0 Å². The summed E-state index contributed by atoms with van der Waals surface area (Å²) in [7, 11) is 0. The van der Waals surface area contributed by atoms with Gasteiger partial charge in [-0.05, 0) is 6.92 Å². The summed E-state index contributed by atoms with van der Waals surface area (Å²) in [6.45, 7) is -0.607. The molecule has 0 aliphatic heterocycles. The average molecular weight is 416 g/mol. The van der Waals surface area contributed by atoms with E-state index in [1.54, 1.807) is 0 Å². The normalized spacial score (nSPS) is 17.6. The number of alkyl halides is 16. The van der Waals surface area contributed by atoms with E-state index < -0.39 is 54.8 Å². The molecule has 1 atom stereocenters. The lowest BCUT2D eigenvalue weighted by Crippen LogP contribution is -2.73. The minimum absolute atomic E-state index is 0.607. The lowest BCUT2D eigenvalue weighted by molar-refractivity contribution is -0.454. The number of hydrogen-bond donors (Lipinski definition) is 0. The van der Waals surface area contributed by atoms with Crippen molar-refractivity contribution < 1.29 is 70.2 Å². The van der Waals surface area contributed by atoms with Gasteiger partial charge < -0.3 is 0 Å². The molecular formula is C9H4F16. The molecule has 0 radical (unpaired) electrons. The summed E-state index contributed by atoms with van der Waals surface area (Å²) in [6.07, 6.45) is -12.1. The first-order valence-electron chi connectivity index (χ1n) is 5.42. The van der Waals surface area contributed by atoms with E-state index >= 15 is 0 Å². The zero-order valence-electron chi connectivity index (χ0n) is 11.1. The first-order valence-corrected chi connectivity index (χ1v) is 5.42. The van der Waals surface area contributed by atoms with E-state index in [1.165, 1.54) is 0 Å². The number of hydrogen-bond acceptors (Lipinski definition) is 0. The third kappa shape index (κ3) is 2.88. The molecule has 0 N–H and O–H groups in total. The molecule has 0 rings (SSSR count). The molecule has 0 spiro atoms. The van der Waals surface area contributed by atoms with Crippen molar-refractivity contribution in [3.8, 4) is 0 Å². The van der Waals surface area contributed by atoms with Crippen LogP contribution in [-0.4, -0.2) is 47.9 Å². The van der Waals surface area contributed by atoms with Crippen molar-refractivity contribution >= 4 is 0 Å². The summed E-state index contributed by atoms with van der Waals surface area (Å²) < 4.78 is 200. The van der Waals surface area contributed by atoms with Crippen LogP contribution in [0.15, 0.2) is 0 Å². The van der Waals surface area contributed by atoms with Gasteiger partial charge in [-0.15, -0.1) is 0 Å². The van der Waals surface area contributed by atoms with Crippen molar-refractivity contribution in [1.29, 1.82) is 0 Å². The zero-order chi connectivity index (χ0) is 21.1. The SMILES string of the molecule is CC(F)C(F)(F)C(F)(F)C(F)(F)C(F)(F)C(F)(F)C(F)(F)C(F)(F)F. The van der Waals surface area contributed by atoms with Crippen LogP contribution < -0.4 is 0 Å². The second-order valence-corrected chi connectivity index (χ2v) is 4.61. The molecule has 0 aromatic carbocycles. The first-order chi connectivity index (χ1) is 10.4. The zero-order valence-corrected chi connectivity index (χ0v) is 11.1. The molecular weight excluding hydrogens is 412 g/mol. The topological polar surface area (TPSA) is 0 Å². The van der Waals surface area contributed by atoms with Crippen LogP contribution in [0.1, 0.15) is 6.92 Å². The molecule has 0 bridgehead atoms. The minimum atomic E-state index is -8.37. The fraction of sp³-hybridized carbons (Fsp3) is 1.00. The average Bonchev–Trinajstić information content (AvgIpc) is 2.35. The Morgan fingerprint density at radius 3 is 0.920 bits per heavy atom. The Hall–Kier alpha value is -1.12. The highest BCUT2D eigenvalue weighted by Gasteiger charge is 2.93. The number of halogens is 16. The summed E-state index contributed by atoms with van der Waals surface area (Å²) >= 11 is 0. The van der Waals surface area contributed by atoms with Gasteiger partial charge in [-0.3, -0.25) is 0 Å². The third-order valence-corrected chi connectivity index (χ3v) is 2.85. The highest BCUT2D eigenvalue weighted by atomic mass is 19.4. The Morgan fingerprint density at radius 2 is 0.680 bits per heavy atom. The Kier molecular flexibility index (Phi) is 5.43. The molecule has 0 saturated heterocycles. The molecule has 0 heterocycles. The highest BCUT2D eigenvalue weighted by molar-refractivity contribution is 5.13. The molecule has 16 heteroatoms. The predicted octanol–water partition coefficient (Wildman–Crippen LogP) is 5.72. The fourth-order valence-corrected chi connectivity index (χ4v) is 1.23. The summed E-state index contributed by atoms with van der Waals surface area (Å²) in [5.74, 6) is -47.5. The van der Waals surface area contributed by atoms with E-state index in [9.17, 15) is 70.2 Å². The van der Waals surface area contributed by atoms with Gasteiger partial charge in [-0.1, -0.05) is 0 Å². The maximum atomic E-state index is 12.9. The van der Waals surface area contributed by atoms with Crippen LogP contribution in [0.25, 0.3) is 0 Å². The molecule has 0 nitrogen and oxygen atoms in total. The smallest absolute Gasteiger partial charge is 0.241 e. The van der Waals surface area contributed by atoms with Crippen molar-refractivity contribution in [2.45, 2.75) is 54.8 Å². The van der Waals surface area contributed by atoms with Crippen LogP contribution in [0.3, 0.4) is 0 Å². The molecule has 25 heavy (non-hydrogen) atoms. The van der Waals surface area contributed by atoms with Crippen LogP contribution >= 0.6 is 0 Å². The van der Waals surface area contributed by atoms with Gasteiger partial charge in [0.1, 0.15) is 0 Å². The van der Waals surface area contributed by atoms with Crippen molar-refractivity contribution in [3.05, 3.63) is 0 Å². The highest BCUT2D eigenvalue weighted by Crippen LogP contribution is 2.62. The van der Waals surface area contributed by atoms with Gasteiger partial charge in [0.2, 0.25) is 0 Å². The second kappa shape index (κ2) is 5.69. The maximum Gasteiger partial charge on any atom is 0.460 e. The van der Waals surface area contributed by atoms with E-state index in [-0.39, 0.29) is 0 Å². The van der Waals surface area contributed by atoms with Crippen molar-refractivity contribution in [2.75, 3.05) is 0 Å². The number of rotatable bonds is 6. The molecule has 0 aromatic heterocycles. The summed E-state index contributed by atoms with van der Waals surface area (Å²) in [5, 5.41) is 0. The van der Waals surface area contributed by atoms with E-state index in [4.69, 9.17) is 0 Å². The standard InChI is InChI=1S/C9H4F16/c1-2(10)3(11,12)4(13,14)5(15,16)6(17,18)7(19,20)8(21,22)9(23,24)25/h2H,1H3. The van der Waals surface area contributed by atoms with E-state index in [2.05, 4.69) is 0 Å². The molecule has 0 aliphatic rings. The largest absolute Gasteiger partial charge is 0.460 e. The van der Waals surface area contributed by atoms with Gasteiger partial charge in [0.25, 0.3) is 0 Å². The van der Waals surface area contributed by atoms with Crippen LogP contribution in [0.5, 0.6) is 0 Å². The quantitative estimate of drug-likeness (QED) is 0.486. The summed E-state index contributed by atoms with van der Waals surface area (Å²) in [5.41, 5.74) is 0. The molecule has 0 aliphatic carbocycles. The Morgan fingerprint density at radius 1 is 0.440 bits per heavy atom. The van der Waals surface area contributed by atoms with Crippen LogP contribution in [0.2, 0.25) is 0 Å². The van der Waals surface area contributed by atoms with E-state index in [0.29, 0.717) is 0 Å². The van der Waals surface area contributed by atoms with Gasteiger partial charge in [0.15, 0.2) is 6.17 Å². The van der Waals surface area contributed by atoms with Gasteiger partial charge in [0.05, 0.1) is 0 Å². The molecule has 0 aromatic rings. The van der Waals surface area contributed by atoms with Crippen molar-refractivity contribution in [1.82, 2.24) is 0 Å². The Bertz CT molecular complexity index is 482. The maximum absolute atomic E-state index is 12.9. The molecule has 0 saturated carbocycles. The monoisotopic (exact) mass is 416 g/mol. The van der Waals surface area contributed by atoms with Crippen molar-refractivity contribution in [3.63, 3.8) is 0 Å². The first kappa shape index (κ1) is 23.9. The van der Waals surface area contributed by atoms with Gasteiger partial charge in [0, 0.05) is 0 Å². The lowest BCUT2D eigenvalue weighted by atomic mass is 9.90. The second-order valence-electron chi connectivity index (χ2n) is 4.61. The Labute approximate surface area is 126 Å². The van der Waals surface area contributed by atoms with E-state index in [1.807, 2.05) is 0 Å². The van der Waals surface area contributed by atoms with Gasteiger partial charge in [-0.2, -0.15) is 65.9 Å². The molecule has 152 valence electrons. The van der Waals surface area contributed by atoms with Gasteiger partial charge >= 0.3 is 41.7 Å². The lowest BCUT2D eigenvalue weighted by Gasteiger charge is -2.41. The fourth-order valence-electron chi connectivity index (χ4n) is 1.23. The van der Waals surface area contributed by atoms with Crippen LogP contribution in [-0.2, 0) is 0 Å². The summed E-state index contributed by atoms with van der Waals surface area (Å²) in [4.78, 5) is 0. The molecule has 0 fully saturated rings. The van der Waals surface area contributed by atoms with Gasteiger partial charge in [-0.25, -0.2) is 4.39 Å². The van der Waals surface area contributed by atoms with Crippen LogP contribution in [0.4, 0.5) is 70.2 Å². The van der Waals surface area contributed by atoms with E-state index in [0.717, 1.165) is 0 Å². The Balaban J connectivity index is 6.50. The third-order valence-electron chi connectivity index (χ3n) is 2.85. The molecule has 0 amide bonds. The predicted molar refractivity (Wildman–Crippen MR) is 46.3 cm³/mol. The van der Waals surface area contributed by atoms with Crippen LogP contribution in [0, 0.1) is 0 Å². The summed E-state index contributed by atoms with van der Waals surface area (Å²) in [6, 6.07) is 0. The molecule has 1 unspecified atom stereocenters.